The molecule has 4 aromatic heterocycles. The molecule has 4 aromatic rings. The molecule has 6 N–H and O–H groups in total. The second-order valence-corrected chi connectivity index (χ2v) is 6.26. The normalized spacial score (nSPS) is 12.4. The van der Waals surface area contributed by atoms with Crippen LogP contribution in [0.25, 0.3) is 11.3 Å². The van der Waals surface area contributed by atoms with Crippen LogP contribution in [-0.4, -0.2) is 39.3 Å². The molecule has 1 unspecified atom stereocenters. The smallest absolute Gasteiger partial charge is 0.295 e. The second-order valence-electron chi connectivity index (χ2n) is 6.26. The maximum absolute atomic E-state index is 12.9. The van der Waals surface area contributed by atoms with E-state index in [4.69, 9.17) is 11.5 Å². The molecular formula is C16H18N10O2. The number of fused-ring (bicyclic) bond motifs is 1. The second kappa shape index (κ2) is 6.44. The van der Waals surface area contributed by atoms with Gasteiger partial charge in [0, 0.05) is 13.1 Å². The highest BCUT2D eigenvalue weighted by atomic mass is 16.3. The van der Waals surface area contributed by atoms with Crippen molar-refractivity contribution in [3.63, 3.8) is 0 Å². The topological polar surface area (TPSA) is 167 Å². The highest BCUT2D eigenvalue weighted by molar-refractivity contribution is 5.64. The fourth-order valence-electron chi connectivity index (χ4n) is 2.81. The Morgan fingerprint density at radius 2 is 2.04 bits per heavy atom. The number of aromatic nitrogens is 7. The molecular weight excluding hydrogens is 364 g/mol. The number of anilines is 3. The minimum Gasteiger partial charge on any atom is -0.383 e. The maximum Gasteiger partial charge on any atom is 0.295 e. The van der Waals surface area contributed by atoms with Gasteiger partial charge in [-0.15, -0.1) is 0 Å². The molecule has 0 amide bonds. The lowest BCUT2D eigenvalue weighted by Crippen LogP contribution is -2.24. The number of aryl methyl sites for hydroxylation is 2. The van der Waals surface area contributed by atoms with Gasteiger partial charge >= 0.3 is 0 Å². The van der Waals surface area contributed by atoms with Crippen LogP contribution in [0.2, 0.25) is 0 Å². The zero-order valence-electron chi connectivity index (χ0n) is 15.1. The minimum atomic E-state index is -1.26. The Morgan fingerprint density at radius 1 is 1.25 bits per heavy atom. The van der Waals surface area contributed by atoms with Crippen molar-refractivity contribution >= 4 is 23.0 Å². The Kier molecular flexibility index (Phi) is 4.05. The van der Waals surface area contributed by atoms with Crippen LogP contribution in [0.4, 0.5) is 17.3 Å². The number of hydrogen-bond donors (Lipinski definition) is 4. The summed E-state index contributed by atoms with van der Waals surface area (Å²) in [7, 11) is 1.75. The van der Waals surface area contributed by atoms with E-state index in [0.29, 0.717) is 22.8 Å². The van der Waals surface area contributed by atoms with Crippen molar-refractivity contribution < 1.29 is 5.11 Å². The number of nitrogen functional groups attached to an aromatic ring is 1. The van der Waals surface area contributed by atoms with Crippen molar-refractivity contribution in [3.8, 4) is 5.69 Å². The number of nitrogens with two attached hydrogens (primary N) is 2. The number of aliphatic hydroxyl groups is 1. The molecule has 0 aliphatic heterocycles. The van der Waals surface area contributed by atoms with Crippen LogP contribution in [0.5, 0.6) is 0 Å². The van der Waals surface area contributed by atoms with Gasteiger partial charge in [0.1, 0.15) is 29.2 Å². The Bertz CT molecular complexity index is 1240. The van der Waals surface area contributed by atoms with E-state index in [1.807, 2.05) is 0 Å². The van der Waals surface area contributed by atoms with E-state index < -0.39 is 6.23 Å². The van der Waals surface area contributed by atoms with Crippen molar-refractivity contribution in [1.29, 1.82) is 0 Å². The van der Waals surface area contributed by atoms with Crippen LogP contribution < -0.4 is 22.3 Å². The summed E-state index contributed by atoms with van der Waals surface area (Å²) in [6.45, 7) is 1.77. The van der Waals surface area contributed by atoms with Crippen LogP contribution >= 0.6 is 0 Å². The molecule has 0 aliphatic carbocycles. The summed E-state index contributed by atoms with van der Waals surface area (Å²) >= 11 is 0. The molecule has 1 atom stereocenters. The Labute approximate surface area is 158 Å². The molecule has 0 fully saturated rings. The van der Waals surface area contributed by atoms with Gasteiger partial charge in [0.2, 0.25) is 0 Å². The highest BCUT2D eigenvalue weighted by Gasteiger charge is 2.16. The summed E-state index contributed by atoms with van der Waals surface area (Å²) in [6, 6.07) is 3.13. The van der Waals surface area contributed by atoms with Crippen molar-refractivity contribution in [2.45, 2.75) is 13.2 Å². The van der Waals surface area contributed by atoms with Crippen molar-refractivity contribution in [2.75, 3.05) is 11.1 Å². The van der Waals surface area contributed by atoms with E-state index in [0.717, 1.165) is 0 Å². The van der Waals surface area contributed by atoms with Gasteiger partial charge in [0.25, 0.3) is 5.56 Å². The fourth-order valence-corrected chi connectivity index (χ4v) is 2.81. The molecule has 12 nitrogen and oxygen atoms in total. The first kappa shape index (κ1) is 17.6. The molecule has 144 valence electrons. The maximum atomic E-state index is 12.9. The standard InChI is InChI=1S/C16H18N10O2/c1-8-3-11(16(28)25(23-8)9-5-19-24(2)7-9)21-13-4-12(17)26-15(22-13)10(6-20-26)14(18)27/h3-7,14,27H,17-18H2,1-2H3,(H,21,22). The highest BCUT2D eigenvalue weighted by Crippen LogP contribution is 2.21. The summed E-state index contributed by atoms with van der Waals surface area (Å²) < 4.78 is 4.18. The molecule has 0 saturated carbocycles. The molecule has 28 heavy (non-hydrogen) atoms. The van der Waals surface area contributed by atoms with Crippen LogP contribution in [-0.2, 0) is 7.05 Å². The lowest BCUT2D eigenvalue weighted by atomic mass is 10.3. The number of nitrogens with zero attached hydrogens (tertiary/aromatic N) is 7. The Hall–Kier alpha value is -3.77. The molecule has 0 aliphatic rings. The monoisotopic (exact) mass is 382 g/mol. The Balaban J connectivity index is 1.80. The molecule has 0 bridgehead atoms. The minimum absolute atomic E-state index is 0.252. The summed E-state index contributed by atoms with van der Waals surface area (Å²) in [4.78, 5) is 17.2. The molecule has 0 aromatic carbocycles. The third-order valence-electron chi connectivity index (χ3n) is 4.08. The first-order valence-corrected chi connectivity index (χ1v) is 8.28. The van der Waals surface area contributed by atoms with Crippen LogP contribution in [0.15, 0.2) is 35.5 Å². The summed E-state index contributed by atoms with van der Waals surface area (Å²) in [6.07, 6.45) is 3.35. The number of aliphatic hydroxyl groups excluding tert-OH is 1. The average Bonchev–Trinajstić information content (AvgIpc) is 3.24. The molecule has 0 spiro atoms. The number of rotatable bonds is 4. The quantitative estimate of drug-likeness (QED) is 0.343. The van der Waals surface area contributed by atoms with Crippen molar-refractivity contribution in [3.05, 3.63) is 52.3 Å². The van der Waals surface area contributed by atoms with Gasteiger partial charge in [0.15, 0.2) is 5.65 Å². The van der Waals surface area contributed by atoms with E-state index in [-0.39, 0.29) is 22.7 Å². The van der Waals surface area contributed by atoms with Crippen LogP contribution in [0.3, 0.4) is 0 Å². The third-order valence-corrected chi connectivity index (χ3v) is 4.08. The van der Waals surface area contributed by atoms with Gasteiger partial charge in [-0.1, -0.05) is 0 Å². The zero-order chi connectivity index (χ0) is 20.0. The predicted octanol–water partition coefficient (Wildman–Crippen LogP) is -0.407. The van der Waals surface area contributed by atoms with E-state index in [1.165, 1.54) is 21.5 Å². The molecule has 4 heterocycles. The first-order chi connectivity index (χ1) is 13.3. The van der Waals surface area contributed by atoms with Crippen LogP contribution in [0.1, 0.15) is 17.5 Å². The van der Waals surface area contributed by atoms with E-state index in [2.05, 4.69) is 25.6 Å². The van der Waals surface area contributed by atoms with Crippen molar-refractivity contribution in [2.24, 2.45) is 12.8 Å². The van der Waals surface area contributed by atoms with Gasteiger partial charge in [-0.25, -0.2) is 4.98 Å². The number of hydrogen-bond acceptors (Lipinski definition) is 9. The third kappa shape index (κ3) is 2.95. The van der Waals surface area contributed by atoms with Gasteiger partial charge in [-0.3, -0.25) is 9.48 Å². The van der Waals surface area contributed by atoms with Crippen molar-refractivity contribution in [1.82, 2.24) is 34.2 Å². The zero-order valence-corrected chi connectivity index (χ0v) is 15.1. The average molecular weight is 382 g/mol. The summed E-state index contributed by atoms with van der Waals surface area (Å²) in [5.74, 6) is 0.561. The molecule has 12 heteroatoms. The SMILES string of the molecule is Cc1cc(Nc2cc(N)n3ncc(C(N)O)c3n2)c(=O)n(-c2cnn(C)c2)n1. The van der Waals surface area contributed by atoms with E-state index in [9.17, 15) is 9.90 Å². The lowest BCUT2D eigenvalue weighted by Gasteiger charge is -2.11. The number of nitrogens with one attached hydrogen (secondary N) is 1. The fraction of sp³-hybridized carbons (Fsp3) is 0.188. The van der Waals surface area contributed by atoms with Gasteiger partial charge in [-0.05, 0) is 13.0 Å². The van der Waals surface area contributed by atoms with Gasteiger partial charge < -0.3 is 21.9 Å². The predicted molar refractivity (Wildman–Crippen MR) is 101 cm³/mol. The summed E-state index contributed by atoms with van der Waals surface area (Å²) in [5.41, 5.74) is 13.2. The van der Waals surface area contributed by atoms with E-state index >= 15 is 0 Å². The van der Waals surface area contributed by atoms with Gasteiger partial charge in [0.05, 0.1) is 29.8 Å². The lowest BCUT2D eigenvalue weighted by molar-refractivity contribution is 0.187. The summed E-state index contributed by atoms with van der Waals surface area (Å²) in [5, 5.41) is 25.0. The molecule has 0 radical (unpaired) electrons. The van der Waals surface area contributed by atoms with Crippen LogP contribution in [0, 0.1) is 6.92 Å². The van der Waals surface area contributed by atoms with E-state index in [1.54, 1.807) is 37.1 Å². The first-order valence-electron chi connectivity index (χ1n) is 8.28. The largest absolute Gasteiger partial charge is 0.383 e. The van der Waals surface area contributed by atoms with Gasteiger partial charge in [-0.2, -0.15) is 24.5 Å². The molecule has 4 rings (SSSR count). The Morgan fingerprint density at radius 3 is 2.71 bits per heavy atom. The molecule has 0 saturated heterocycles.